The van der Waals surface area contributed by atoms with Crippen LogP contribution in [0.4, 0.5) is 0 Å². The SMILES string of the molecule is O=C(CCc1nc(-c2cccnc2)no1)NCCc1ccccc1. The Balaban J connectivity index is 1.42. The molecule has 1 amide bonds. The average Bonchev–Trinajstić information content (AvgIpc) is 3.11. The Hall–Kier alpha value is -3.02. The van der Waals surface area contributed by atoms with E-state index in [-0.39, 0.29) is 5.91 Å². The summed E-state index contributed by atoms with van der Waals surface area (Å²) in [5.41, 5.74) is 2.00. The Bertz CT molecular complexity index is 772. The van der Waals surface area contributed by atoms with Gasteiger partial charge in [-0.05, 0) is 24.1 Å². The molecule has 0 bridgehead atoms. The number of aryl methyl sites for hydroxylation is 1. The molecule has 6 heteroatoms. The van der Waals surface area contributed by atoms with Gasteiger partial charge >= 0.3 is 0 Å². The molecule has 1 N–H and O–H groups in total. The molecule has 3 aromatic rings. The molecule has 0 atom stereocenters. The average molecular weight is 322 g/mol. The Morgan fingerprint density at radius 1 is 1.08 bits per heavy atom. The number of benzene rings is 1. The van der Waals surface area contributed by atoms with Gasteiger partial charge in [0.25, 0.3) is 0 Å². The van der Waals surface area contributed by atoms with E-state index in [0.29, 0.717) is 31.1 Å². The van der Waals surface area contributed by atoms with Crippen molar-refractivity contribution in [2.24, 2.45) is 0 Å². The molecule has 0 aliphatic rings. The number of nitrogens with zero attached hydrogens (tertiary/aromatic N) is 3. The molecule has 0 spiro atoms. The van der Waals surface area contributed by atoms with Crippen molar-refractivity contribution in [2.75, 3.05) is 6.54 Å². The number of pyridine rings is 1. The summed E-state index contributed by atoms with van der Waals surface area (Å²) in [6.07, 6.45) is 4.92. The number of amides is 1. The van der Waals surface area contributed by atoms with Crippen LogP contribution in [0.15, 0.2) is 59.4 Å². The number of hydrogen-bond acceptors (Lipinski definition) is 5. The third-order valence-electron chi connectivity index (χ3n) is 3.53. The first kappa shape index (κ1) is 15.9. The summed E-state index contributed by atoms with van der Waals surface area (Å²) in [5.74, 6) is 0.918. The molecule has 2 aromatic heterocycles. The molecule has 0 aliphatic carbocycles. The number of carbonyl (C=O) groups excluding carboxylic acids is 1. The topological polar surface area (TPSA) is 80.9 Å². The van der Waals surface area contributed by atoms with E-state index in [2.05, 4.69) is 20.4 Å². The minimum Gasteiger partial charge on any atom is -0.356 e. The molecule has 6 nitrogen and oxygen atoms in total. The van der Waals surface area contributed by atoms with E-state index in [9.17, 15) is 4.79 Å². The lowest BCUT2D eigenvalue weighted by Gasteiger charge is -2.04. The van der Waals surface area contributed by atoms with Crippen LogP contribution >= 0.6 is 0 Å². The van der Waals surface area contributed by atoms with Gasteiger partial charge in [0, 0.05) is 37.3 Å². The van der Waals surface area contributed by atoms with Crippen LogP contribution in [-0.2, 0) is 17.6 Å². The molecule has 24 heavy (non-hydrogen) atoms. The van der Waals surface area contributed by atoms with Crippen molar-refractivity contribution in [1.82, 2.24) is 20.4 Å². The summed E-state index contributed by atoms with van der Waals surface area (Å²) in [6, 6.07) is 13.7. The number of carbonyl (C=O) groups is 1. The van der Waals surface area contributed by atoms with Crippen LogP contribution in [0.3, 0.4) is 0 Å². The molecule has 0 fully saturated rings. The highest BCUT2D eigenvalue weighted by molar-refractivity contribution is 5.76. The van der Waals surface area contributed by atoms with Crippen molar-refractivity contribution >= 4 is 5.91 Å². The van der Waals surface area contributed by atoms with Gasteiger partial charge in [0.15, 0.2) is 0 Å². The largest absolute Gasteiger partial charge is 0.356 e. The van der Waals surface area contributed by atoms with Gasteiger partial charge in [0.2, 0.25) is 17.6 Å². The standard InChI is InChI=1S/C18H18N4O2/c23-16(20-12-10-14-5-2-1-3-6-14)8-9-17-21-18(22-24-17)15-7-4-11-19-13-15/h1-7,11,13H,8-10,12H2,(H,20,23). The second-order valence-corrected chi connectivity index (χ2v) is 5.34. The van der Waals surface area contributed by atoms with Crippen LogP contribution in [0.1, 0.15) is 17.9 Å². The minimum absolute atomic E-state index is 0.0212. The van der Waals surface area contributed by atoms with Gasteiger partial charge in [-0.1, -0.05) is 35.5 Å². The molecule has 3 rings (SSSR count). The molecule has 0 radical (unpaired) electrons. The van der Waals surface area contributed by atoms with Crippen LogP contribution in [0.5, 0.6) is 0 Å². The first-order valence-corrected chi connectivity index (χ1v) is 7.85. The van der Waals surface area contributed by atoms with Crippen LogP contribution in [0.2, 0.25) is 0 Å². The minimum atomic E-state index is -0.0212. The first-order chi connectivity index (χ1) is 11.8. The van der Waals surface area contributed by atoms with E-state index in [1.807, 2.05) is 42.5 Å². The van der Waals surface area contributed by atoms with Crippen LogP contribution in [0.25, 0.3) is 11.4 Å². The van der Waals surface area contributed by atoms with Gasteiger partial charge in [-0.2, -0.15) is 4.98 Å². The number of hydrogen-bond donors (Lipinski definition) is 1. The number of nitrogens with one attached hydrogen (secondary N) is 1. The third-order valence-corrected chi connectivity index (χ3v) is 3.53. The quantitative estimate of drug-likeness (QED) is 0.722. The summed E-state index contributed by atoms with van der Waals surface area (Å²) in [7, 11) is 0. The molecule has 0 aliphatic heterocycles. The number of aromatic nitrogens is 3. The number of rotatable bonds is 7. The zero-order valence-electron chi connectivity index (χ0n) is 13.2. The van der Waals surface area contributed by atoms with Crippen LogP contribution < -0.4 is 5.32 Å². The molecule has 0 unspecified atom stereocenters. The van der Waals surface area contributed by atoms with Crippen molar-refractivity contribution < 1.29 is 9.32 Å². The fourth-order valence-corrected chi connectivity index (χ4v) is 2.27. The third kappa shape index (κ3) is 4.49. The van der Waals surface area contributed by atoms with Crippen molar-refractivity contribution in [3.05, 3.63) is 66.3 Å². The second kappa shape index (κ2) is 8.01. The first-order valence-electron chi connectivity index (χ1n) is 7.85. The monoisotopic (exact) mass is 322 g/mol. The summed E-state index contributed by atoms with van der Waals surface area (Å²) in [6.45, 7) is 0.619. The van der Waals surface area contributed by atoms with E-state index in [4.69, 9.17) is 4.52 Å². The maximum Gasteiger partial charge on any atom is 0.227 e. The van der Waals surface area contributed by atoms with Gasteiger partial charge < -0.3 is 9.84 Å². The molecule has 122 valence electrons. The predicted molar refractivity (Wildman–Crippen MR) is 89.0 cm³/mol. The second-order valence-electron chi connectivity index (χ2n) is 5.34. The van der Waals surface area contributed by atoms with Crippen molar-refractivity contribution in [3.8, 4) is 11.4 Å². The highest BCUT2D eigenvalue weighted by Crippen LogP contribution is 2.14. The maximum absolute atomic E-state index is 11.9. The molecular weight excluding hydrogens is 304 g/mol. The highest BCUT2D eigenvalue weighted by atomic mass is 16.5. The molecule has 2 heterocycles. The van der Waals surface area contributed by atoms with Gasteiger partial charge in [-0.15, -0.1) is 0 Å². The zero-order chi connectivity index (χ0) is 16.6. The fraction of sp³-hybridized carbons (Fsp3) is 0.222. The van der Waals surface area contributed by atoms with Gasteiger partial charge in [0.05, 0.1) is 0 Å². The van der Waals surface area contributed by atoms with E-state index >= 15 is 0 Å². The van der Waals surface area contributed by atoms with Crippen molar-refractivity contribution in [2.45, 2.75) is 19.3 Å². The summed E-state index contributed by atoms with van der Waals surface area (Å²) >= 11 is 0. The predicted octanol–water partition coefficient (Wildman–Crippen LogP) is 2.42. The van der Waals surface area contributed by atoms with Gasteiger partial charge in [0.1, 0.15) is 0 Å². The lowest BCUT2D eigenvalue weighted by Crippen LogP contribution is -2.25. The fourth-order valence-electron chi connectivity index (χ4n) is 2.27. The van der Waals surface area contributed by atoms with Crippen LogP contribution in [0, 0.1) is 0 Å². The Morgan fingerprint density at radius 2 is 1.96 bits per heavy atom. The zero-order valence-corrected chi connectivity index (χ0v) is 13.2. The normalized spacial score (nSPS) is 10.5. The van der Waals surface area contributed by atoms with E-state index in [0.717, 1.165) is 12.0 Å². The summed E-state index contributed by atoms with van der Waals surface area (Å²) < 4.78 is 5.17. The van der Waals surface area contributed by atoms with E-state index < -0.39 is 0 Å². The van der Waals surface area contributed by atoms with Gasteiger partial charge in [-0.3, -0.25) is 9.78 Å². The molecule has 0 saturated heterocycles. The Kier molecular flexibility index (Phi) is 5.29. The Labute approximate surface area is 139 Å². The lowest BCUT2D eigenvalue weighted by molar-refractivity contribution is -0.121. The van der Waals surface area contributed by atoms with E-state index in [1.165, 1.54) is 5.56 Å². The Morgan fingerprint density at radius 3 is 2.75 bits per heavy atom. The van der Waals surface area contributed by atoms with E-state index in [1.54, 1.807) is 12.4 Å². The molecule has 1 aromatic carbocycles. The molecular formula is C18H18N4O2. The maximum atomic E-state index is 11.9. The smallest absolute Gasteiger partial charge is 0.227 e. The molecule has 0 saturated carbocycles. The lowest BCUT2D eigenvalue weighted by atomic mass is 10.1. The highest BCUT2D eigenvalue weighted by Gasteiger charge is 2.10. The van der Waals surface area contributed by atoms with Crippen molar-refractivity contribution in [3.63, 3.8) is 0 Å². The van der Waals surface area contributed by atoms with Gasteiger partial charge in [-0.25, -0.2) is 0 Å². The summed E-state index contributed by atoms with van der Waals surface area (Å²) in [4.78, 5) is 20.2. The van der Waals surface area contributed by atoms with Crippen LogP contribution in [-0.4, -0.2) is 27.6 Å². The van der Waals surface area contributed by atoms with Crippen molar-refractivity contribution in [1.29, 1.82) is 0 Å². The summed E-state index contributed by atoms with van der Waals surface area (Å²) in [5, 5.41) is 6.81.